The van der Waals surface area contributed by atoms with Gasteiger partial charge in [-0.15, -0.1) is 0 Å². The van der Waals surface area contributed by atoms with Gasteiger partial charge >= 0.3 is 0 Å². The van der Waals surface area contributed by atoms with E-state index < -0.39 is 0 Å². The highest BCUT2D eigenvalue weighted by Gasteiger charge is 2.25. The Morgan fingerprint density at radius 1 is 1.22 bits per heavy atom. The summed E-state index contributed by atoms with van der Waals surface area (Å²) in [7, 11) is 3.93. The lowest BCUT2D eigenvalue weighted by Crippen LogP contribution is -2.38. The van der Waals surface area contributed by atoms with Crippen molar-refractivity contribution in [1.82, 2.24) is 10.2 Å². The van der Waals surface area contributed by atoms with Gasteiger partial charge in [0.2, 0.25) is 0 Å². The molecule has 0 radical (unpaired) electrons. The lowest BCUT2D eigenvalue weighted by Gasteiger charge is -2.29. The summed E-state index contributed by atoms with van der Waals surface area (Å²) in [6.07, 6.45) is 0. The minimum atomic E-state index is -0.108. The molecule has 6 nitrogen and oxygen atoms in total. The fraction of sp³-hybridized carbons (Fsp3) is 0.333. The molecule has 27 heavy (non-hydrogen) atoms. The first-order valence-electron chi connectivity index (χ1n) is 9.00. The van der Waals surface area contributed by atoms with Crippen molar-refractivity contribution in [1.29, 1.82) is 0 Å². The largest absolute Gasteiger partial charge is 0.482 e. The fourth-order valence-electron chi connectivity index (χ4n) is 2.97. The molecular weight excluding hydrogens is 342 g/mol. The van der Waals surface area contributed by atoms with Crippen molar-refractivity contribution in [2.24, 2.45) is 0 Å². The number of nitrogens with zero attached hydrogens (tertiary/aromatic N) is 2. The zero-order valence-corrected chi connectivity index (χ0v) is 16.0. The van der Waals surface area contributed by atoms with Crippen LogP contribution in [-0.4, -0.2) is 50.5 Å². The van der Waals surface area contributed by atoms with Gasteiger partial charge in [-0.1, -0.05) is 18.2 Å². The Balaban J connectivity index is 1.76. The Hall–Kier alpha value is -2.86. The summed E-state index contributed by atoms with van der Waals surface area (Å²) >= 11 is 0. The predicted octanol–water partition coefficient (Wildman–Crippen LogP) is 2.21. The van der Waals surface area contributed by atoms with Crippen molar-refractivity contribution in [3.05, 3.63) is 59.2 Å². The van der Waals surface area contributed by atoms with Crippen LogP contribution in [-0.2, 0) is 11.3 Å². The van der Waals surface area contributed by atoms with Crippen LogP contribution in [0, 0.1) is 6.92 Å². The maximum absolute atomic E-state index is 12.4. The minimum absolute atomic E-state index is 0.0285. The molecule has 0 unspecified atom stereocenters. The van der Waals surface area contributed by atoms with Gasteiger partial charge in [-0.05, 0) is 56.4 Å². The molecule has 6 heteroatoms. The van der Waals surface area contributed by atoms with E-state index in [1.54, 1.807) is 11.0 Å². The highest BCUT2D eigenvalue weighted by Crippen LogP contribution is 2.33. The van der Waals surface area contributed by atoms with Crippen molar-refractivity contribution in [3.63, 3.8) is 0 Å². The molecule has 1 heterocycles. The Labute approximate surface area is 159 Å². The van der Waals surface area contributed by atoms with Crippen LogP contribution in [0.15, 0.2) is 42.5 Å². The van der Waals surface area contributed by atoms with Crippen LogP contribution < -0.4 is 15.0 Å². The minimum Gasteiger partial charge on any atom is -0.482 e. The number of anilines is 1. The number of benzene rings is 2. The van der Waals surface area contributed by atoms with Crippen LogP contribution in [0.2, 0.25) is 0 Å². The summed E-state index contributed by atoms with van der Waals surface area (Å²) in [4.78, 5) is 28.5. The number of fused-ring (bicyclic) bond motifs is 1. The second-order valence-corrected chi connectivity index (χ2v) is 7.00. The Morgan fingerprint density at radius 2 is 2.04 bits per heavy atom. The topological polar surface area (TPSA) is 61.9 Å². The molecule has 2 aromatic carbocycles. The van der Waals surface area contributed by atoms with Gasteiger partial charge in [-0.3, -0.25) is 9.59 Å². The first kappa shape index (κ1) is 18.9. The zero-order valence-electron chi connectivity index (χ0n) is 16.0. The smallest absolute Gasteiger partial charge is 0.265 e. The molecule has 0 aliphatic carbocycles. The third-order valence-corrected chi connectivity index (χ3v) is 4.43. The van der Waals surface area contributed by atoms with E-state index in [4.69, 9.17) is 4.74 Å². The van der Waals surface area contributed by atoms with Crippen molar-refractivity contribution in [2.75, 3.05) is 38.7 Å². The lowest BCUT2D eigenvalue weighted by atomic mass is 10.1. The summed E-state index contributed by atoms with van der Waals surface area (Å²) in [5, 5.41) is 2.91. The quantitative estimate of drug-likeness (QED) is 0.850. The normalized spacial score (nSPS) is 13.3. The van der Waals surface area contributed by atoms with E-state index in [0.717, 1.165) is 23.4 Å². The van der Waals surface area contributed by atoms with E-state index in [9.17, 15) is 9.59 Å². The van der Waals surface area contributed by atoms with Gasteiger partial charge in [0.1, 0.15) is 5.75 Å². The Morgan fingerprint density at radius 3 is 2.81 bits per heavy atom. The van der Waals surface area contributed by atoms with E-state index in [0.29, 0.717) is 24.4 Å². The van der Waals surface area contributed by atoms with Gasteiger partial charge in [-0.25, -0.2) is 0 Å². The van der Waals surface area contributed by atoms with Gasteiger partial charge in [0.05, 0.1) is 12.2 Å². The van der Waals surface area contributed by atoms with E-state index in [1.165, 1.54) is 0 Å². The molecule has 0 aromatic heterocycles. The van der Waals surface area contributed by atoms with Crippen LogP contribution in [0.25, 0.3) is 0 Å². The molecule has 0 fully saturated rings. The number of rotatable bonds is 6. The van der Waals surface area contributed by atoms with Crippen molar-refractivity contribution < 1.29 is 14.3 Å². The number of ether oxygens (including phenoxy) is 1. The molecule has 0 atom stereocenters. The van der Waals surface area contributed by atoms with Gasteiger partial charge in [-0.2, -0.15) is 0 Å². The molecule has 2 amide bonds. The SMILES string of the molecule is Cc1ccc2c(c1)N(Cc1cccc(C(=O)NCCN(C)C)c1)C(=O)CO2. The average molecular weight is 367 g/mol. The number of hydrogen-bond donors (Lipinski definition) is 1. The third kappa shape index (κ3) is 4.65. The zero-order chi connectivity index (χ0) is 19.4. The molecule has 0 saturated carbocycles. The summed E-state index contributed by atoms with van der Waals surface area (Å²) in [6.45, 7) is 3.78. The van der Waals surface area contributed by atoms with Crippen molar-refractivity contribution in [2.45, 2.75) is 13.5 Å². The molecule has 1 aliphatic heterocycles. The number of nitrogens with one attached hydrogen (secondary N) is 1. The highest BCUT2D eigenvalue weighted by atomic mass is 16.5. The van der Waals surface area contributed by atoms with Crippen molar-refractivity contribution in [3.8, 4) is 5.75 Å². The van der Waals surface area contributed by atoms with Gasteiger partial charge in [0, 0.05) is 18.7 Å². The van der Waals surface area contributed by atoms with E-state index in [1.807, 2.05) is 62.3 Å². The average Bonchev–Trinajstić information content (AvgIpc) is 2.64. The Bertz CT molecular complexity index is 848. The predicted molar refractivity (Wildman–Crippen MR) is 105 cm³/mol. The molecule has 0 saturated heterocycles. The molecule has 2 aromatic rings. The van der Waals surface area contributed by atoms with Crippen LogP contribution in [0.4, 0.5) is 5.69 Å². The monoisotopic (exact) mass is 367 g/mol. The summed E-state index contributed by atoms with van der Waals surface area (Å²) in [5.41, 5.74) is 3.33. The van der Waals surface area contributed by atoms with Gasteiger partial charge in [0.25, 0.3) is 11.8 Å². The second-order valence-electron chi connectivity index (χ2n) is 7.00. The number of carbonyl (C=O) groups excluding carboxylic acids is 2. The van der Waals surface area contributed by atoms with Crippen molar-refractivity contribution >= 4 is 17.5 Å². The van der Waals surface area contributed by atoms with Gasteiger partial charge in [0.15, 0.2) is 6.61 Å². The Kier molecular flexibility index (Phi) is 5.76. The van der Waals surface area contributed by atoms with Crippen LogP contribution >= 0.6 is 0 Å². The van der Waals surface area contributed by atoms with Crippen LogP contribution in [0.1, 0.15) is 21.5 Å². The first-order chi connectivity index (χ1) is 12.9. The highest BCUT2D eigenvalue weighted by molar-refractivity contribution is 5.98. The van der Waals surface area contributed by atoms with E-state index in [2.05, 4.69) is 5.32 Å². The maximum atomic E-state index is 12.4. The summed E-state index contributed by atoms with van der Waals surface area (Å²) in [5.74, 6) is 0.509. The number of carbonyl (C=O) groups is 2. The number of likely N-dealkylation sites (N-methyl/N-ethyl adjacent to an activating group) is 1. The molecule has 1 N–H and O–H groups in total. The van der Waals surface area contributed by atoms with Gasteiger partial charge < -0.3 is 19.9 Å². The number of aryl methyl sites for hydroxylation is 1. The first-order valence-corrected chi connectivity index (χ1v) is 9.00. The standard InChI is InChI=1S/C21H25N3O3/c1-15-7-8-19-18(11-15)24(20(25)14-27-19)13-16-5-4-6-17(12-16)21(26)22-9-10-23(2)3/h4-8,11-12H,9-10,13-14H2,1-3H3,(H,22,26). The summed E-state index contributed by atoms with van der Waals surface area (Å²) in [6, 6.07) is 13.2. The molecule has 0 bridgehead atoms. The van der Waals surface area contributed by atoms with Crippen LogP contribution in [0.3, 0.4) is 0 Å². The molecule has 3 rings (SSSR count). The second kappa shape index (κ2) is 8.22. The maximum Gasteiger partial charge on any atom is 0.265 e. The molecule has 0 spiro atoms. The van der Waals surface area contributed by atoms with Crippen LogP contribution in [0.5, 0.6) is 5.75 Å². The molecular formula is C21H25N3O3. The lowest BCUT2D eigenvalue weighted by molar-refractivity contribution is -0.121. The number of amides is 2. The molecule has 1 aliphatic rings. The molecule has 142 valence electrons. The fourth-order valence-corrected chi connectivity index (χ4v) is 2.97. The number of hydrogen-bond acceptors (Lipinski definition) is 4. The van der Waals surface area contributed by atoms with E-state index in [-0.39, 0.29) is 18.4 Å². The van der Waals surface area contributed by atoms with E-state index >= 15 is 0 Å². The summed E-state index contributed by atoms with van der Waals surface area (Å²) < 4.78 is 5.52. The third-order valence-electron chi connectivity index (χ3n) is 4.43.